The first-order valence-electron chi connectivity index (χ1n) is 6.58. The summed E-state index contributed by atoms with van der Waals surface area (Å²) in [5.41, 5.74) is 1.51. The van der Waals surface area contributed by atoms with Gasteiger partial charge in [-0.25, -0.2) is 0 Å². The molecule has 3 N–H and O–H groups in total. The molecular weight excluding hydrogens is 308 g/mol. The molecule has 6 heteroatoms. The quantitative estimate of drug-likeness (QED) is 0.765. The fraction of sp³-hybridized carbons (Fsp3) is 0.267. The van der Waals surface area contributed by atoms with Crippen LogP contribution in [0.25, 0.3) is 0 Å². The molecule has 1 heterocycles. The number of rotatable bonds is 6. The minimum atomic E-state index is -0.251. The van der Waals surface area contributed by atoms with E-state index in [0.717, 1.165) is 14.9 Å². The number of benzene rings is 1. The Balaban J connectivity index is 1.91. The van der Waals surface area contributed by atoms with Gasteiger partial charge in [-0.2, -0.15) is 0 Å². The molecule has 2 aromatic rings. The monoisotopic (exact) mass is 324 g/mol. The highest BCUT2D eigenvalue weighted by molar-refractivity contribution is 7.16. The van der Waals surface area contributed by atoms with E-state index in [2.05, 4.69) is 10.6 Å². The van der Waals surface area contributed by atoms with Gasteiger partial charge in [0.25, 0.3) is 5.91 Å². The van der Waals surface area contributed by atoms with Gasteiger partial charge in [0.05, 0.1) is 10.9 Å². The van der Waals surface area contributed by atoms with Crippen molar-refractivity contribution in [3.63, 3.8) is 0 Å². The molecule has 0 unspecified atom stereocenters. The van der Waals surface area contributed by atoms with Crippen molar-refractivity contribution in [2.75, 3.05) is 11.9 Å². The molecule has 0 aliphatic carbocycles. The minimum Gasteiger partial charge on any atom is -0.394 e. The van der Waals surface area contributed by atoms with Crippen LogP contribution >= 0.6 is 22.9 Å². The normalized spacial score (nSPS) is 12.0. The Morgan fingerprint density at radius 2 is 2.00 bits per heavy atom. The van der Waals surface area contributed by atoms with Crippen LogP contribution in [0.2, 0.25) is 4.34 Å². The maximum atomic E-state index is 11.9. The summed E-state index contributed by atoms with van der Waals surface area (Å²) < 4.78 is 0.775. The van der Waals surface area contributed by atoms with Crippen LogP contribution in [-0.4, -0.2) is 23.7 Å². The maximum absolute atomic E-state index is 11.9. The second-order valence-electron chi connectivity index (χ2n) is 4.69. The SMILES string of the molecule is C[C@H](CO)NC(=O)c1ccc(NCc2ccc(Cl)s2)cc1. The van der Waals surface area contributed by atoms with Gasteiger partial charge in [0.15, 0.2) is 0 Å². The maximum Gasteiger partial charge on any atom is 0.251 e. The van der Waals surface area contributed by atoms with Crippen LogP contribution in [0, 0.1) is 0 Å². The standard InChI is InChI=1S/C15H17ClN2O2S/c1-10(9-19)18-15(20)11-2-4-12(5-3-11)17-8-13-6-7-14(16)21-13/h2-7,10,17,19H,8-9H2,1H3,(H,18,20)/t10-/m1/s1. The van der Waals surface area contributed by atoms with Crippen molar-refractivity contribution in [2.45, 2.75) is 19.5 Å². The minimum absolute atomic E-state index is 0.0747. The molecule has 112 valence electrons. The summed E-state index contributed by atoms with van der Waals surface area (Å²) in [5, 5.41) is 14.9. The van der Waals surface area contributed by atoms with Crippen molar-refractivity contribution < 1.29 is 9.90 Å². The summed E-state index contributed by atoms with van der Waals surface area (Å²) in [5.74, 6) is -0.187. The van der Waals surface area contributed by atoms with E-state index in [1.165, 1.54) is 11.3 Å². The molecule has 0 fully saturated rings. The van der Waals surface area contributed by atoms with E-state index in [-0.39, 0.29) is 18.6 Å². The van der Waals surface area contributed by atoms with Crippen LogP contribution in [0.4, 0.5) is 5.69 Å². The van der Waals surface area contributed by atoms with Crippen LogP contribution in [0.3, 0.4) is 0 Å². The second-order valence-corrected chi connectivity index (χ2v) is 6.49. The highest BCUT2D eigenvalue weighted by Gasteiger charge is 2.08. The van der Waals surface area contributed by atoms with Crippen LogP contribution in [-0.2, 0) is 6.54 Å². The summed E-state index contributed by atoms with van der Waals surface area (Å²) in [6.07, 6.45) is 0. The Bertz CT molecular complexity index is 598. The Kier molecular flexibility index (Phi) is 5.61. The third-order valence-corrected chi connectivity index (χ3v) is 4.13. The number of anilines is 1. The summed E-state index contributed by atoms with van der Waals surface area (Å²) in [6.45, 7) is 2.37. The van der Waals surface area contributed by atoms with Crippen LogP contribution in [0.15, 0.2) is 36.4 Å². The predicted octanol–water partition coefficient (Wildman–Crippen LogP) is 3.12. The average Bonchev–Trinajstić information content (AvgIpc) is 2.91. The highest BCUT2D eigenvalue weighted by atomic mass is 35.5. The number of nitrogens with one attached hydrogen (secondary N) is 2. The lowest BCUT2D eigenvalue weighted by Gasteiger charge is -2.11. The molecule has 4 nitrogen and oxygen atoms in total. The number of hydrogen-bond acceptors (Lipinski definition) is 4. The van der Waals surface area contributed by atoms with Crippen molar-refractivity contribution in [3.05, 3.63) is 51.2 Å². The first kappa shape index (κ1) is 15.8. The number of carbonyl (C=O) groups is 1. The number of aliphatic hydroxyl groups is 1. The van der Waals surface area contributed by atoms with Crippen LogP contribution < -0.4 is 10.6 Å². The molecule has 21 heavy (non-hydrogen) atoms. The van der Waals surface area contributed by atoms with Gasteiger partial charge < -0.3 is 15.7 Å². The van der Waals surface area contributed by atoms with E-state index in [1.807, 2.05) is 24.3 Å². The molecule has 1 atom stereocenters. The summed E-state index contributed by atoms with van der Waals surface area (Å²) in [7, 11) is 0. The van der Waals surface area contributed by atoms with Gasteiger partial charge in [-0.3, -0.25) is 4.79 Å². The molecule has 0 radical (unpaired) electrons. The van der Waals surface area contributed by atoms with Crippen LogP contribution in [0.5, 0.6) is 0 Å². The fourth-order valence-electron chi connectivity index (χ4n) is 1.73. The Morgan fingerprint density at radius 3 is 2.57 bits per heavy atom. The molecule has 0 aliphatic heterocycles. The molecular formula is C15H17ClN2O2S. The molecule has 2 rings (SSSR count). The van der Waals surface area contributed by atoms with Gasteiger partial charge in [0.1, 0.15) is 0 Å². The Labute approximate surface area is 132 Å². The van der Waals surface area contributed by atoms with Crippen molar-refractivity contribution in [1.82, 2.24) is 5.32 Å². The van der Waals surface area contributed by atoms with E-state index in [1.54, 1.807) is 19.1 Å². The summed E-state index contributed by atoms with van der Waals surface area (Å²) in [6, 6.07) is 10.8. The van der Waals surface area contributed by atoms with Crippen molar-refractivity contribution in [3.8, 4) is 0 Å². The third kappa shape index (κ3) is 4.74. The number of aliphatic hydroxyl groups excluding tert-OH is 1. The number of hydrogen-bond donors (Lipinski definition) is 3. The Morgan fingerprint density at radius 1 is 1.29 bits per heavy atom. The second kappa shape index (κ2) is 7.45. The Hall–Kier alpha value is -1.56. The fourth-order valence-corrected chi connectivity index (χ4v) is 2.76. The zero-order valence-electron chi connectivity index (χ0n) is 11.6. The molecule has 1 aromatic heterocycles. The molecule has 0 saturated carbocycles. The predicted molar refractivity (Wildman–Crippen MR) is 87.1 cm³/mol. The van der Waals surface area contributed by atoms with Gasteiger partial charge in [-0.15, -0.1) is 11.3 Å². The summed E-state index contributed by atoms with van der Waals surface area (Å²) >= 11 is 7.42. The zero-order chi connectivity index (χ0) is 15.2. The number of thiophene rings is 1. The van der Waals surface area contributed by atoms with Gasteiger partial charge >= 0.3 is 0 Å². The topological polar surface area (TPSA) is 61.4 Å². The lowest BCUT2D eigenvalue weighted by Crippen LogP contribution is -2.34. The van der Waals surface area contributed by atoms with E-state index >= 15 is 0 Å². The first-order chi connectivity index (χ1) is 10.1. The van der Waals surface area contributed by atoms with E-state index in [0.29, 0.717) is 12.1 Å². The highest BCUT2D eigenvalue weighted by Crippen LogP contribution is 2.22. The summed E-state index contributed by atoms with van der Waals surface area (Å²) in [4.78, 5) is 13.0. The van der Waals surface area contributed by atoms with E-state index < -0.39 is 0 Å². The largest absolute Gasteiger partial charge is 0.394 e. The van der Waals surface area contributed by atoms with Crippen molar-refractivity contribution in [1.29, 1.82) is 0 Å². The molecule has 1 aromatic carbocycles. The van der Waals surface area contributed by atoms with E-state index in [9.17, 15) is 4.79 Å². The van der Waals surface area contributed by atoms with Crippen LogP contribution in [0.1, 0.15) is 22.2 Å². The molecule has 1 amide bonds. The first-order valence-corrected chi connectivity index (χ1v) is 7.78. The van der Waals surface area contributed by atoms with Crippen molar-refractivity contribution in [2.24, 2.45) is 0 Å². The van der Waals surface area contributed by atoms with E-state index in [4.69, 9.17) is 16.7 Å². The smallest absolute Gasteiger partial charge is 0.251 e. The molecule has 0 bridgehead atoms. The molecule has 0 saturated heterocycles. The lowest BCUT2D eigenvalue weighted by atomic mass is 10.2. The van der Waals surface area contributed by atoms with Gasteiger partial charge in [-0.1, -0.05) is 11.6 Å². The van der Waals surface area contributed by atoms with Gasteiger partial charge in [-0.05, 0) is 43.3 Å². The van der Waals surface area contributed by atoms with Gasteiger partial charge in [0, 0.05) is 28.7 Å². The number of halogens is 1. The lowest BCUT2D eigenvalue weighted by molar-refractivity contribution is 0.0922. The molecule has 0 aliphatic rings. The number of carbonyl (C=O) groups excluding carboxylic acids is 1. The average molecular weight is 325 g/mol. The number of amides is 1. The van der Waals surface area contributed by atoms with Gasteiger partial charge in [0.2, 0.25) is 0 Å². The van der Waals surface area contributed by atoms with Crippen molar-refractivity contribution >= 4 is 34.5 Å². The third-order valence-electron chi connectivity index (χ3n) is 2.89. The molecule has 0 spiro atoms. The zero-order valence-corrected chi connectivity index (χ0v) is 13.2.